The Balaban J connectivity index is 1.46. The number of Topliss-reactive ketones (excluding diaryl/α,β-unsaturated/α-hetero) is 1. The molecule has 3 aromatic rings. The second-order valence-electron chi connectivity index (χ2n) is 5.59. The van der Waals surface area contributed by atoms with Gasteiger partial charge in [-0.1, -0.05) is 30.3 Å². The van der Waals surface area contributed by atoms with E-state index in [4.69, 9.17) is 21.1 Å². The molecule has 0 atom stereocenters. The van der Waals surface area contributed by atoms with Crippen molar-refractivity contribution in [2.24, 2.45) is 0 Å². The van der Waals surface area contributed by atoms with Crippen LogP contribution in [0.1, 0.15) is 10.4 Å². The van der Waals surface area contributed by atoms with Gasteiger partial charge in [-0.25, -0.2) is 0 Å². The maximum Gasteiger partial charge on any atom is 0.233 e. The van der Waals surface area contributed by atoms with Crippen LogP contribution < -0.4 is 20.1 Å². The Kier molecular flexibility index (Phi) is 4.71. The summed E-state index contributed by atoms with van der Waals surface area (Å²) in [5, 5.41) is 5.90. The average Bonchev–Trinajstić information content (AvgIpc) is 3.14. The van der Waals surface area contributed by atoms with Crippen LogP contribution in [-0.4, -0.2) is 34.1 Å². The second-order valence-corrected chi connectivity index (χ2v) is 5.93. The van der Waals surface area contributed by atoms with Crippen molar-refractivity contribution >= 4 is 35.0 Å². The molecule has 0 aliphatic carbocycles. The molecule has 0 bridgehead atoms. The minimum Gasteiger partial charge on any atom is -0.454 e. The number of ether oxygens (including phenoxy) is 2. The first kappa shape index (κ1) is 17.0. The monoisotopic (exact) mass is 383 g/mol. The number of ketones is 1. The molecule has 0 saturated carbocycles. The lowest BCUT2D eigenvalue weighted by molar-refractivity contribution is 0.101. The molecule has 27 heavy (non-hydrogen) atoms. The fourth-order valence-corrected chi connectivity index (χ4v) is 2.63. The van der Waals surface area contributed by atoms with Crippen LogP contribution >= 0.6 is 11.6 Å². The van der Waals surface area contributed by atoms with Crippen LogP contribution in [0.15, 0.2) is 48.5 Å². The summed E-state index contributed by atoms with van der Waals surface area (Å²) >= 11 is 5.97. The number of nitrogens with zero attached hydrogens (tertiary/aromatic N) is 3. The zero-order chi connectivity index (χ0) is 18.6. The van der Waals surface area contributed by atoms with Gasteiger partial charge in [-0.3, -0.25) is 4.79 Å². The van der Waals surface area contributed by atoms with Gasteiger partial charge in [0.15, 0.2) is 17.3 Å². The highest BCUT2D eigenvalue weighted by Crippen LogP contribution is 2.34. The molecule has 9 heteroatoms. The average molecular weight is 384 g/mol. The second kappa shape index (κ2) is 7.46. The Morgan fingerprint density at radius 3 is 2.63 bits per heavy atom. The van der Waals surface area contributed by atoms with Gasteiger partial charge in [0.1, 0.15) is 0 Å². The maximum absolute atomic E-state index is 12.2. The number of aromatic nitrogens is 3. The lowest BCUT2D eigenvalue weighted by Crippen LogP contribution is -2.16. The predicted octanol–water partition coefficient (Wildman–Crippen LogP) is 3.29. The summed E-state index contributed by atoms with van der Waals surface area (Å²) in [7, 11) is 0. The van der Waals surface area contributed by atoms with Crippen molar-refractivity contribution in [3.63, 3.8) is 0 Å². The first-order valence-corrected chi connectivity index (χ1v) is 8.45. The summed E-state index contributed by atoms with van der Waals surface area (Å²) in [4.78, 5) is 24.5. The smallest absolute Gasteiger partial charge is 0.233 e. The molecule has 2 heterocycles. The standard InChI is InChI=1S/C18H14ClN5O3/c19-16-22-17(20-9-13(25)11-4-2-1-3-5-11)24-18(23-16)21-12-6-7-14-15(8-12)27-10-26-14/h1-8H,9-10H2,(H2,20,21,22,23,24). The molecule has 8 nitrogen and oxygen atoms in total. The van der Waals surface area contributed by atoms with Gasteiger partial charge in [0.2, 0.25) is 24.0 Å². The third kappa shape index (κ3) is 4.06. The first-order valence-electron chi connectivity index (χ1n) is 8.08. The van der Waals surface area contributed by atoms with Gasteiger partial charge < -0.3 is 20.1 Å². The molecule has 0 unspecified atom stereocenters. The van der Waals surface area contributed by atoms with E-state index in [0.29, 0.717) is 22.7 Å². The first-order chi connectivity index (χ1) is 13.2. The van der Waals surface area contributed by atoms with Crippen LogP contribution in [0.4, 0.5) is 17.6 Å². The summed E-state index contributed by atoms with van der Waals surface area (Å²) in [6, 6.07) is 14.3. The van der Waals surface area contributed by atoms with Crippen molar-refractivity contribution < 1.29 is 14.3 Å². The van der Waals surface area contributed by atoms with Gasteiger partial charge >= 0.3 is 0 Å². The van der Waals surface area contributed by atoms with Gasteiger partial charge in [0, 0.05) is 17.3 Å². The van der Waals surface area contributed by atoms with Crippen LogP contribution in [0.5, 0.6) is 11.5 Å². The molecule has 4 rings (SSSR count). The summed E-state index contributed by atoms with van der Waals surface area (Å²) < 4.78 is 10.6. The summed E-state index contributed by atoms with van der Waals surface area (Å²) in [6.45, 7) is 0.230. The summed E-state index contributed by atoms with van der Waals surface area (Å²) in [5.74, 6) is 1.66. The number of hydrogen-bond acceptors (Lipinski definition) is 8. The van der Waals surface area contributed by atoms with E-state index in [1.54, 1.807) is 42.5 Å². The Morgan fingerprint density at radius 2 is 1.78 bits per heavy atom. The highest BCUT2D eigenvalue weighted by molar-refractivity contribution is 6.28. The molecule has 0 saturated heterocycles. The van der Waals surface area contributed by atoms with E-state index < -0.39 is 0 Å². The summed E-state index contributed by atoms with van der Waals surface area (Å²) in [5.41, 5.74) is 1.30. The maximum atomic E-state index is 12.2. The van der Waals surface area contributed by atoms with Gasteiger partial charge in [-0.05, 0) is 23.7 Å². The van der Waals surface area contributed by atoms with E-state index in [1.165, 1.54) is 0 Å². The van der Waals surface area contributed by atoms with E-state index in [1.807, 2.05) is 6.07 Å². The quantitative estimate of drug-likeness (QED) is 0.626. The number of anilines is 3. The van der Waals surface area contributed by atoms with Crippen LogP contribution in [0.25, 0.3) is 0 Å². The van der Waals surface area contributed by atoms with Gasteiger partial charge in [-0.15, -0.1) is 0 Å². The minimum atomic E-state index is -0.0857. The van der Waals surface area contributed by atoms with Gasteiger partial charge in [0.05, 0.1) is 6.54 Å². The number of carbonyl (C=O) groups is 1. The highest BCUT2D eigenvalue weighted by atomic mass is 35.5. The van der Waals surface area contributed by atoms with E-state index >= 15 is 0 Å². The number of benzene rings is 2. The third-order valence-electron chi connectivity index (χ3n) is 3.74. The molecule has 1 aliphatic heterocycles. The summed E-state index contributed by atoms with van der Waals surface area (Å²) in [6.07, 6.45) is 0. The molecule has 136 valence electrons. The van der Waals surface area contributed by atoms with E-state index in [0.717, 1.165) is 0 Å². The third-order valence-corrected chi connectivity index (χ3v) is 3.91. The van der Waals surface area contributed by atoms with Crippen molar-refractivity contribution in [2.75, 3.05) is 24.0 Å². The number of halogens is 1. The molecule has 0 radical (unpaired) electrons. The van der Waals surface area contributed by atoms with Crippen LogP contribution in [0, 0.1) is 0 Å². The van der Waals surface area contributed by atoms with Crippen molar-refractivity contribution in [1.29, 1.82) is 0 Å². The van der Waals surface area contributed by atoms with E-state index in [2.05, 4.69) is 25.6 Å². The SMILES string of the molecule is O=C(CNc1nc(Cl)nc(Nc2ccc3c(c2)OCO3)n1)c1ccccc1. The van der Waals surface area contributed by atoms with Gasteiger partial charge in [0.25, 0.3) is 0 Å². The number of nitrogens with one attached hydrogen (secondary N) is 2. The van der Waals surface area contributed by atoms with Crippen molar-refractivity contribution in [3.8, 4) is 11.5 Å². The fraction of sp³-hybridized carbons (Fsp3) is 0.111. The zero-order valence-electron chi connectivity index (χ0n) is 14.0. The lowest BCUT2D eigenvalue weighted by Gasteiger charge is -2.09. The Labute approximate surface area is 159 Å². The highest BCUT2D eigenvalue weighted by Gasteiger charge is 2.14. The van der Waals surface area contributed by atoms with E-state index in [-0.39, 0.29) is 36.3 Å². The molecule has 1 aromatic heterocycles. The Bertz CT molecular complexity index is 984. The molecule has 2 aromatic carbocycles. The number of carbonyl (C=O) groups excluding carboxylic acids is 1. The van der Waals surface area contributed by atoms with Crippen LogP contribution in [-0.2, 0) is 0 Å². The van der Waals surface area contributed by atoms with Crippen molar-refractivity contribution in [2.45, 2.75) is 0 Å². The molecular formula is C18H14ClN5O3. The van der Waals surface area contributed by atoms with Crippen molar-refractivity contribution in [3.05, 3.63) is 59.4 Å². The van der Waals surface area contributed by atoms with E-state index in [9.17, 15) is 4.79 Å². The molecule has 0 amide bonds. The topological polar surface area (TPSA) is 98.3 Å². The number of rotatable bonds is 6. The Morgan fingerprint density at radius 1 is 1.00 bits per heavy atom. The van der Waals surface area contributed by atoms with Gasteiger partial charge in [-0.2, -0.15) is 15.0 Å². The molecule has 0 spiro atoms. The molecule has 2 N–H and O–H groups in total. The largest absolute Gasteiger partial charge is 0.454 e. The normalized spacial score (nSPS) is 11.9. The van der Waals surface area contributed by atoms with Crippen LogP contribution in [0.2, 0.25) is 5.28 Å². The van der Waals surface area contributed by atoms with Crippen molar-refractivity contribution in [1.82, 2.24) is 15.0 Å². The number of hydrogen-bond donors (Lipinski definition) is 2. The Hall–Kier alpha value is -3.39. The molecular weight excluding hydrogens is 370 g/mol. The molecule has 0 fully saturated rings. The number of fused-ring (bicyclic) bond motifs is 1. The zero-order valence-corrected chi connectivity index (χ0v) is 14.7. The minimum absolute atomic E-state index is 0.00269. The lowest BCUT2D eigenvalue weighted by atomic mass is 10.1. The van der Waals surface area contributed by atoms with Crippen LogP contribution in [0.3, 0.4) is 0 Å². The predicted molar refractivity (Wildman–Crippen MR) is 99.9 cm³/mol. The molecule has 1 aliphatic rings. The fourth-order valence-electron chi connectivity index (χ4n) is 2.47.